The molecule has 1 heterocycles. The molecule has 1 amide bonds. The van der Waals surface area contributed by atoms with Crippen molar-refractivity contribution in [3.63, 3.8) is 0 Å². The second-order valence-electron chi connectivity index (χ2n) is 7.15. The normalized spacial score (nSPS) is 10.9. The molecule has 0 fully saturated rings. The highest BCUT2D eigenvalue weighted by atomic mass is 16.5. The summed E-state index contributed by atoms with van der Waals surface area (Å²) in [4.78, 5) is 27.2. The Morgan fingerprint density at radius 2 is 1.87 bits per heavy atom. The average Bonchev–Trinajstić information content (AvgIpc) is 2.76. The molecule has 0 aliphatic rings. The van der Waals surface area contributed by atoms with Gasteiger partial charge in [-0.25, -0.2) is 4.79 Å². The molecule has 0 saturated carbocycles. The number of rotatable bonds is 9. The number of carbonyl (C=O) groups is 1. The van der Waals surface area contributed by atoms with Gasteiger partial charge in [0.15, 0.2) is 0 Å². The van der Waals surface area contributed by atoms with E-state index in [0.717, 1.165) is 16.5 Å². The summed E-state index contributed by atoms with van der Waals surface area (Å²) in [6.45, 7) is 3.35. The monoisotopic (exact) mass is 409 g/mol. The van der Waals surface area contributed by atoms with Gasteiger partial charge in [-0.1, -0.05) is 30.3 Å². The molecule has 2 aromatic carbocycles. The van der Waals surface area contributed by atoms with Crippen LogP contribution in [0.5, 0.6) is 5.75 Å². The molecule has 158 valence electrons. The van der Waals surface area contributed by atoms with Crippen LogP contribution in [0.1, 0.15) is 23.1 Å². The van der Waals surface area contributed by atoms with E-state index in [1.807, 2.05) is 49.4 Å². The lowest BCUT2D eigenvalue weighted by molar-refractivity contribution is -0.132. The van der Waals surface area contributed by atoms with Gasteiger partial charge < -0.3 is 18.8 Å². The third-order valence-electron chi connectivity index (χ3n) is 5.22. The predicted octanol–water partition coefficient (Wildman–Crippen LogP) is 3.72. The number of methoxy groups -OCH3 is 2. The molecule has 1 aromatic heterocycles. The molecule has 0 aliphatic heterocycles. The molecule has 0 unspecified atom stereocenters. The van der Waals surface area contributed by atoms with Crippen molar-refractivity contribution in [3.8, 4) is 5.75 Å². The maximum Gasteiger partial charge on any atom is 0.339 e. The van der Waals surface area contributed by atoms with Crippen LogP contribution in [-0.4, -0.2) is 38.2 Å². The number of aryl methyl sites for hydroxylation is 1. The average molecular weight is 409 g/mol. The lowest BCUT2D eigenvalue weighted by atomic mass is 10.0. The number of nitrogens with zero attached hydrogens (tertiary/aromatic N) is 1. The molecule has 6 nitrogen and oxygen atoms in total. The molecule has 0 atom stereocenters. The number of hydrogen-bond acceptors (Lipinski definition) is 5. The fourth-order valence-corrected chi connectivity index (χ4v) is 3.48. The number of amides is 1. The van der Waals surface area contributed by atoms with Crippen LogP contribution in [0.25, 0.3) is 11.0 Å². The Balaban J connectivity index is 1.77. The highest BCUT2D eigenvalue weighted by Gasteiger charge is 2.17. The molecule has 0 saturated heterocycles. The van der Waals surface area contributed by atoms with Crippen molar-refractivity contribution in [1.29, 1.82) is 0 Å². The zero-order valence-corrected chi connectivity index (χ0v) is 17.6. The summed E-state index contributed by atoms with van der Waals surface area (Å²) in [5, 5.41) is 0.846. The minimum atomic E-state index is -0.410. The number of fused-ring (bicyclic) bond motifs is 1. The van der Waals surface area contributed by atoms with Crippen molar-refractivity contribution >= 4 is 16.9 Å². The number of hydrogen-bond donors (Lipinski definition) is 0. The molecular weight excluding hydrogens is 382 g/mol. The van der Waals surface area contributed by atoms with Crippen molar-refractivity contribution in [2.45, 2.75) is 26.3 Å². The highest BCUT2D eigenvalue weighted by Crippen LogP contribution is 2.24. The van der Waals surface area contributed by atoms with E-state index in [1.54, 1.807) is 25.2 Å². The zero-order chi connectivity index (χ0) is 21.5. The van der Waals surface area contributed by atoms with Crippen molar-refractivity contribution in [3.05, 3.63) is 75.6 Å². The molecule has 0 radical (unpaired) electrons. The van der Waals surface area contributed by atoms with Crippen LogP contribution in [0.2, 0.25) is 0 Å². The smallest absolute Gasteiger partial charge is 0.339 e. The fraction of sp³-hybridized carbons (Fsp3) is 0.333. The van der Waals surface area contributed by atoms with E-state index in [4.69, 9.17) is 13.9 Å². The fourth-order valence-electron chi connectivity index (χ4n) is 3.48. The number of benzene rings is 2. The van der Waals surface area contributed by atoms with E-state index < -0.39 is 5.63 Å². The molecule has 0 bridgehead atoms. The maximum atomic E-state index is 12.9. The third-order valence-corrected chi connectivity index (χ3v) is 5.22. The van der Waals surface area contributed by atoms with Gasteiger partial charge in [-0.15, -0.1) is 0 Å². The second kappa shape index (κ2) is 10.1. The second-order valence-corrected chi connectivity index (χ2v) is 7.15. The predicted molar refractivity (Wildman–Crippen MR) is 116 cm³/mol. The first-order valence-electron chi connectivity index (χ1n) is 9.94. The van der Waals surface area contributed by atoms with Gasteiger partial charge >= 0.3 is 5.63 Å². The Hall–Kier alpha value is -3.12. The van der Waals surface area contributed by atoms with E-state index in [9.17, 15) is 9.59 Å². The zero-order valence-electron chi connectivity index (χ0n) is 17.6. The summed E-state index contributed by atoms with van der Waals surface area (Å²) >= 11 is 0. The topological polar surface area (TPSA) is 69.0 Å². The van der Waals surface area contributed by atoms with E-state index in [-0.39, 0.29) is 12.3 Å². The van der Waals surface area contributed by atoms with Crippen LogP contribution in [0, 0.1) is 6.92 Å². The van der Waals surface area contributed by atoms with Crippen molar-refractivity contribution < 1.29 is 18.7 Å². The summed E-state index contributed by atoms with van der Waals surface area (Å²) in [5.41, 5.74) is 2.50. The number of ether oxygens (including phenoxy) is 2. The summed E-state index contributed by atoms with van der Waals surface area (Å²) in [7, 11) is 3.18. The van der Waals surface area contributed by atoms with Crippen molar-refractivity contribution in [1.82, 2.24) is 4.90 Å². The van der Waals surface area contributed by atoms with E-state index in [2.05, 4.69) is 0 Å². The van der Waals surface area contributed by atoms with Gasteiger partial charge in [-0.05, 0) is 36.6 Å². The van der Waals surface area contributed by atoms with Crippen LogP contribution in [-0.2, 0) is 22.5 Å². The Morgan fingerprint density at radius 1 is 1.10 bits per heavy atom. The Bertz CT molecular complexity index is 1060. The first-order chi connectivity index (χ1) is 14.5. The molecule has 0 N–H and O–H groups in total. The van der Waals surface area contributed by atoms with E-state index in [0.29, 0.717) is 43.0 Å². The molecular formula is C24H27NO5. The largest absolute Gasteiger partial charge is 0.497 e. The van der Waals surface area contributed by atoms with Crippen LogP contribution < -0.4 is 10.4 Å². The summed E-state index contributed by atoms with van der Waals surface area (Å²) in [6.07, 6.45) is 0.553. The van der Waals surface area contributed by atoms with Crippen molar-refractivity contribution in [2.75, 3.05) is 27.4 Å². The van der Waals surface area contributed by atoms with Crippen LogP contribution in [0.3, 0.4) is 0 Å². The van der Waals surface area contributed by atoms with Crippen LogP contribution >= 0.6 is 0 Å². The molecule has 3 aromatic rings. The molecule has 0 aliphatic carbocycles. The standard InChI is InChI=1S/C24H27NO5/c1-17-20-10-9-19(29-3)15-22(20)30-24(27)21(17)11-12-23(26)25(13-14-28-2)16-18-7-5-4-6-8-18/h4-10,15H,11-14,16H2,1-3H3. The molecule has 6 heteroatoms. The minimum absolute atomic E-state index is 0.0236. The molecule has 3 rings (SSSR count). The first-order valence-corrected chi connectivity index (χ1v) is 9.94. The number of carbonyl (C=O) groups excluding carboxylic acids is 1. The van der Waals surface area contributed by atoms with Gasteiger partial charge in [-0.3, -0.25) is 4.79 Å². The Labute approximate surface area is 176 Å². The molecule has 0 spiro atoms. The Kier molecular flexibility index (Phi) is 7.25. The SMILES string of the molecule is COCCN(Cc1ccccc1)C(=O)CCc1c(C)c2ccc(OC)cc2oc1=O. The highest BCUT2D eigenvalue weighted by molar-refractivity contribution is 5.82. The van der Waals surface area contributed by atoms with E-state index >= 15 is 0 Å². The first kappa shape index (κ1) is 21.6. The molecule has 30 heavy (non-hydrogen) atoms. The summed E-state index contributed by atoms with van der Waals surface area (Å²) < 4.78 is 15.8. The van der Waals surface area contributed by atoms with Crippen LogP contribution in [0.4, 0.5) is 0 Å². The van der Waals surface area contributed by atoms with Gasteiger partial charge in [0, 0.05) is 43.6 Å². The van der Waals surface area contributed by atoms with Gasteiger partial charge in [-0.2, -0.15) is 0 Å². The maximum absolute atomic E-state index is 12.9. The summed E-state index contributed by atoms with van der Waals surface area (Å²) in [6, 6.07) is 15.2. The van der Waals surface area contributed by atoms with Gasteiger partial charge in [0.1, 0.15) is 11.3 Å². The van der Waals surface area contributed by atoms with Crippen LogP contribution in [0.15, 0.2) is 57.7 Å². The lowest BCUT2D eigenvalue weighted by Gasteiger charge is -2.22. The Morgan fingerprint density at radius 3 is 2.57 bits per heavy atom. The quantitative estimate of drug-likeness (QED) is 0.504. The lowest BCUT2D eigenvalue weighted by Crippen LogP contribution is -2.34. The van der Waals surface area contributed by atoms with Crippen molar-refractivity contribution in [2.24, 2.45) is 0 Å². The van der Waals surface area contributed by atoms with E-state index in [1.165, 1.54) is 0 Å². The summed E-state index contributed by atoms with van der Waals surface area (Å²) in [5.74, 6) is 0.604. The minimum Gasteiger partial charge on any atom is -0.497 e. The van der Waals surface area contributed by atoms with Gasteiger partial charge in [0.2, 0.25) is 5.91 Å². The van der Waals surface area contributed by atoms with Gasteiger partial charge in [0.05, 0.1) is 13.7 Å². The third kappa shape index (κ3) is 5.07. The van der Waals surface area contributed by atoms with Gasteiger partial charge in [0.25, 0.3) is 0 Å².